The molecule has 66 valence electrons. The van der Waals surface area contributed by atoms with Crippen molar-refractivity contribution in [2.75, 3.05) is 7.05 Å². The molecular formula is C9H20N2. The molecule has 0 heterocycles. The van der Waals surface area contributed by atoms with E-state index < -0.39 is 0 Å². The van der Waals surface area contributed by atoms with E-state index in [9.17, 15) is 0 Å². The van der Waals surface area contributed by atoms with Crippen LogP contribution in [0.5, 0.6) is 0 Å². The van der Waals surface area contributed by atoms with E-state index in [4.69, 9.17) is 5.73 Å². The van der Waals surface area contributed by atoms with Gasteiger partial charge in [-0.05, 0) is 33.2 Å². The van der Waals surface area contributed by atoms with E-state index >= 15 is 0 Å². The van der Waals surface area contributed by atoms with Crippen molar-refractivity contribution in [1.29, 1.82) is 0 Å². The highest BCUT2D eigenvalue weighted by Gasteiger charge is 2.30. The molecule has 2 N–H and O–H groups in total. The van der Waals surface area contributed by atoms with Crippen LogP contribution in [-0.4, -0.2) is 30.1 Å². The summed E-state index contributed by atoms with van der Waals surface area (Å²) in [6.07, 6.45) is 3.83. The zero-order valence-electron chi connectivity index (χ0n) is 7.88. The first-order valence-electron chi connectivity index (χ1n) is 4.64. The van der Waals surface area contributed by atoms with Crippen molar-refractivity contribution >= 4 is 0 Å². The lowest BCUT2D eigenvalue weighted by molar-refractivity contribution is 0.214. The predicted molar refractivity (Wildman–Crippen MR) is 48.5 cm³/mol. The largest absolute Gasteiger partial charge is 0.326 e. The molecule has 2 heteroatoms. The molecule has 0 aromatic heterocycles. The Morgan fingerprint density at radius 1 is 1.55 bits per heavy atom. The van der Waals surface area contributed by atoms with E-state index in [-0.39, 0.29) is 0 Å². The van der Waals surface area contributed by atoms with Crippen LogP contribution in [0.2, 0.25) is 0 Å². The van der Waals surface area contributed by atoms with Gasteiger partial charge in [0.25, 0.3) is 0 Å². The van der Waals surface area contributed by atoms with Gasteiger partial charge in [-0.1, -0.05) is 6.92 Å². The molecule has 0 bridgehead atoms. The van der Waals surface area contributed by atoms with Crippen molar-refractivity contribution in [3.63, 3.8) is 0 Å². The molecule has 2 unspecified atom stereocenters. The van der Waals surface area contributed by atoms with Gasteiger partial charge in [-0.15, -0.1) is 0 Å². The predicted octanol–water partition coefficient (Wildman–Crippen LogP) is 1.21. The summed E-state index contributed by atoms with van der Waals surface area (Å²) < 4.78 is 0. The number of hydrogen-bond donors (Lipinski definition) is 1. The van der Waals surface area contributed by atoms with Gasteiger partial charge < -0.3 is 5.73 Å². The summed E-state index contributed by atoms with van der Waals surface area (Å²) in [5.74, 6) is 0. The van der Waals surface area contributed by atoms with E-state index in [1.807, 2.05) is 0 Å². The van der Waals surface area contributed by atoms with Crippen molar-refractivity contribution in [3.05, 3.63) is 0 Å². The van der Waals surface area contributed by atoms with Gasteiger partial charge in [0.1, 0.15) is 0 Å². The molecule has 0 aromatic rings. The molecule has 2 nitrogen and oxygen atoms in total. The van der Waals surface area contributed by atoms with Crippen LogP contribution in [0.3, 0.4) is 0 Å². The fourth-order valence-electron chi connectivity index (χ4n) is 1.46. The summed E-state index contributed by atoms with van der Waals surface area (Å²) in [5.41, 5.74) is 5.94. The fraction of sp³-hybridized carbons (Fsp3) is 1.00. The van der Waals surface area contributed by atoms with E-state index in [1.54, 1.807) is 0 Å². The highest BCUT2D eigenvalue weighted by molar-refractivity contribution is 4.88. The molecule has 1 aliphatic carbocycles. The van der Waals surface area contributed by atoms with Crippen LogP contribution in [0.1, 0.15) is 33.1 Å². The third kappa shape index (κ3) is 2.17. The Morgan fingerprint density at radius 2 is 2.09 bits per heavy atom. The average molecular weight is 156 g/mol. The maximum absolute atomic E-state index is 5.94. The molecule has 1 rings (SSSR count). The minimum atomic E-state index is 0.348. The smallest absolute Gasteiger partial charge is 0.0218 e. The van der Waals surface area contributed by atoms with Crippen molar-refractivity contribution in [2.24, 2.45) is 5.73 Å². The normalized spacial score (nSPS) is 23.7. The Bertz CT molecular complexity index is 121. The highest BCUT2D eigenvalue weighted by atomic mass is 15.2. The lowest BCUT2D eigenvalue weighted by Crippen LogP contribution is -2.44. The van der Waals surface area contributed by atoms with Crippen molar-refractivity contribution in [3.8, 4) is 0 Å². The van der Waals surface area contributed by atoms with Gasteiger partial charge in [-0.2, -0.15) is 0 Å². The topological polar surface area (TPSA) is 29.3 Å². The first-order valence-corrected chi connectivity index (χ1v) is 4.64. The molecule has 1 fully saturated rings. The summed E-state index contributed by atoms with van der Waals surface area (Å²) >= 11 is 0. The Labute approximate surface area is 69.8 Å². The average Bonchev–Trinajstić information content (AvgIpc) is 2.82. The van der Waals surface area contributed by atoms with Gasteiger partial charge in [0.05, 0.1) is 0 Å². The van der Waals surface area contributed by atoms with Crippen LogP contribution in [0.25, 0.3) is 0 Å². The first kappa shape index (κ1) is 9.01. The van der Waals surface area contributed by atoms with Crippen molar-refractivity contribution < 1.29 is 0 Å². The fourth-order valence-corrected chi connectivity index (χ4v) is 1.46. The molecule has 0 spiro atoms. The molecule has 0 aliphatic heterocycles. The molecule has 0 aromatic carbocycles. The second-order valence-electron chi connectivity index (χ2n) is 3.71. The lowest BCUT2D eigenvalue weighted by atomic mass is 10.1. The number of likely N-dealkylation sites (N-methyl/N-ethyl adjacent to an activating group) is 1. The maximum atomic E-state index is 5.94. The van der Waals surface area contributed by atoms with Crippen LogP contribution in [0, 0.1) is 0 Å². The Kier molecular flexibility index (Phi) is 2.90. The second kappa shape index (κ2) is 3.55. The molecular weight excluding hydrogens is 136 g/mol. The van der Waals surface area contributed by atoms with Crippen molar-refractivity contribution in [2.45, 2.75) is 51.2 Å². The minimum absolute atomic E-state index is 0.348. The van der Waals surface area contributed by atoms with Gasteiger partial charge >= 0.3 is 0 Å². The summed E-state index contributed by atoms with van der Waals surface area (Å²) in [6.45, 7) is 4.38. The van der Waals surface area contributed by atoms with Gasteiger partial charge in [0.15, 0.2) is 0 Å². The first-order chi connectivity index (χ1) is 5.16. The molecule has 0 radical (unpaired) electrons. The zero-order valence-corrected chi connectivity index (χ0v) is 7.88. The van der Waals surface area contributed by atoms with E-state index in [2.05, 4.69) is 25.8 Å². The SMILES string of the molecule is CCC(N)C(C)N(C)C1CC1. The number of hydrogen-bond acceptors (Lipinski definition) is 2. The van der Waals surface area contributed by atoms with E-state index in [1.165, 1.54) is 12.8 Å². The number of nitrogens with zero attached hydrogens (tertiary/aromatic N) is 1. The molecule has 0 saturated heterocycles. The van der Waals surface area contributed by atoms with Crippen LogP contribution in [0.4, 0.5) is 0 Å². The van der Waals surface area contributed by atoms with Gasteiger partial charge in [0, 0.05) is 18.1 Å². The monoisotopic (exact) mass is 156 g/mol. The molecule has 0 amide bonds. The highest BCUT2D eigenvalue weighted by Crippen LogP contribution is 2.27. The van der Waals surface area contributed by atoms with Gasteiger partial charge in [0.2, 0.25) is 0 Å². The zero-order chi connectivity index (χ0) is 8.43. The summed E-state index contributed by atoms with van der Waals surface area (Å²) in [4.78, 5) is 2.42. The summed E-state index contributed by atoms with van der Waals surface area (Å²) in [6, 6.07) is 1.73. The molecule has 1 aliphatic rings. The molecule has 2 atom stereocenters. The van der Waals surface area contributed by atoms with Crippen LogP contribution in [0.15, 0.2) is 0 Å². The summed E-state index contributed by atoms with van der Waals surface area (Å²) in [5, 5.41) is 0. The van der Waals surface area contributed by atoms with Gasteiger partial charge in [-0.25, -0.2) is 0 Å². The molecule has 1 saturated carbocycles. The van der Waals surface area contributed by atoms with E-state index in [0.29, 0.717) is 12.1 Å². The quantitative estimate of drug-likeness (QED) is 0.663. The van der Waals surface area contributed by atoms with Crippen LogP contribution < -0.4 is 5.73 Å². The third-order valence-corrected chi connectivity index (χ3v) is 2.86. The number of nitrogens with two attached hydrogens (primary N) is 1. The Balaban J connectivity index is 2.31. The Hall–Kier alpha value is -0.0800. The Morgan fingerprint density at radius 3 is 2.45 bits per heavy atom. The van der Waals surface area contributed by atoms with Crippen LogP contribution >= 0.6 is 0 Å². The lowest BCUT2D eigenvalue weighted by Gasteiger charge is -2.28. The second-order valence-corrected chi connectivity index (χ2v) is 3.71. The minimum Gasteiger partial charge on any atom is -0.326 e. The van der Waals surface area contributed by atoms with Crippen molar-refractivity contribution in [1.82, 2.24) is 4.90 Å². The van der Waals surface area contributed by atoms with Crippen LogP contribution in [-0.2, 0) is 0 Å². The maximum Gasteiger partial charge on any atom is 0.0218 e. The summed E-state index contributed by atoms with van der Waals surface area (Å²) in [7, 11) is 2.19. The van der Waals surface area contributed by atoms with Gasteiger partial charge in [-0.3, -0.25) is 4.90 Å². The molecule has 11 heavy (non-hydrogen) atoms. The number of rotatable bonds is 4. The third-order valence-electron chi connectivity index (χ3n) is 2.86. The van der Waals surface area contributed by atoms with E-state index in [0.717, 1.165) is 12.5 Å². The standard InChI is InChI=1S/C9H20N2/c1-4-9(10)7(2)11(3)8-5-6-8/h7-9H,4-6,10H2,1-3H3.